The third-order valence-corrected chi connectivity index (χ3v) is 0.949. The van der Waals surface area contributed by atoms with Gasteiger partial charge < -0.3 is 9.31 Å². The second-order valence-corrected chi connectivity index (χ2v) is 1.53. The Balaban J connectivity index is 3.07. The quantitative estimate of drug-likeness (QED) is 0.513. The normalized spacial score (nSPS) is 9.38. The molecular weight excluding hydrogens is 103 g/mol. The molecule has 0 aliphatic carbocycles. The molecule has 3 heteroatoms. The molecule has 0 fully saturated rings. The van der Waals surface area contributed by atoms with Gasteiger partial charge in [0, 0.05) is 13.7 Å². The van der Waals surface area contributed by atoms with Crippen LogP contribution in [0.2, 0.25) is 6.32 Å². The van der Waals surface area contributed by atoms with Gasteiger partial charge in [0.1, 0.15) is 0 Å². The maximum absolute atomic E-state index is 5.12. The van der Waals surface area contributed by atoms with Crippen molar-refractivity contribution in [3.05, 3.63) is 0 Å². The van der Waals surface area contributed by atoms with Crippen molar-refractivity contribution < 1.29 is 9.31 Å². The van der Waals surface area contributed by atoms with Gasteiger partial charge in [0.05, 0.1) is 0 Å². The van der Waals surface area contributed by atoms with Crippen molar-refractivity contribution in [1.82, 2.24) is 0 Å². The summed E-state index contributed by atoms with van der Waals surface area (Å²) in [5, 5.41) is 0. The maximum atomic E-state index is 5.12. The van der Waals surface area contributed by atoms with Crippen molar-refractivity contribution in [3.8, 4) is 0 Å². The van der Waals surface area contributed by atoms with E-state index >= 15 is 0 Å². The SMILES string of the molecule is CCOB(CC)OC. The fraction of sp³-hybridized carbons (Fsp3) is 1.00. The average molecular weight is 116 g/mol. The van der Waals surface area contributed by atoms with Crippen LogP contribution in [0.25, 0.3) is 0 Å². The fourth-order valence-electron chi connectivity index (χ4n) is 0.538. The van der Waals surface area contributed by atoms with Crippen LogP contribution in [0, 0.1) is 0 Å². The minimum atomic E-state index is -0.000000000000000444. The van der Waals surface area contributed by atoms with Crippen LogP contribution in [0.5, 0.6) is 0 Å². The van der Waals surface area contributed by atoms with Crippen molar-refractivity contribution in [3.63, 3.8) is 0 Å². The van der Waals surface area contributed by atoms with E-state index in [4.69, 9.17) is 9.31 Å². The summed E-state index contributed by atoms with van der Waals surface area (Å²) in [6.07, 6.45) is 0.921. The number of hydrogen-bond acceptors (Lipinski definition) is 2. The van der Waals surface area contributed by atoms with E-state index < -0.39 is 0 Å². The smallest absolute Gasteiger partial charge is 0.414 e. The number of rotatable bonds is 4. The van der Waals surface area contributed by atoms with Gasteiger partial charge in [-0.25, -0.2) is 0 Å². The van der Waals surface area contributed by atoms with Crippen LogP contribution in [0.1, 0.15) is 13.8 Å². The van der Waals surface area contributed by atoms with Crippen LogP contribution in [0.3, 0.4) is 0 Å². The lowest BCUT2D eigenvalue weighted by Gasteiger charge is -2.05. The van der Waals surface area contributed by atoms with Gasteiger partial charge in [-0.3, -0.25) is 0 Å². The van der Waals surface area contributed by atoms with E-state index in [0.29, 0.717) is 0 Å². The van der Waals surface area contributed by atoms with E-state index in [1.54, 1.807) is 7.11 Å². The predicted molar refractivity (Wildman–Crippen MR) is 34.9 cm³/mol. The molecule has 0 unspecified atom stereocenters. The summed E-state index contributed by atoms with van der Waals surface area (Å²) in [5.41, 5.74) is 0. The van der Waals surface area contributed by atoms with Gasteiger partial charge in [0.15, 0.2) is 0 Å². The molecule has 2 nitrogen and oxygen atoms in total. The van der Waals surface area contributed by atoms with E-state index in [1.807, 2.05) is 13.8 Å². The maximum Gasteiger partial charge on any atom is 0.456 e. The third-order valence-electron chi connectivity index (χ3n) is 0.949. The molecule has 0 heterocycles. The Morgan fingerprint density at radius 2 is 2.00 bits per heavy atom. The lowest BCUT2D eigenvalue weighted by atomic mass is 9.86. The molecule has 0 radical (unpaired) electrons. The van der Waals surface area contributed by atoms with E-state index in [0.717, 1.165) is 12.9 Å². The molecule has 0 bridgehead atoms. The zero-order valence-electron chi connectivity index (χ0n) is 5.81. The molecule has 0 rings (SSSR count). The van der Waals surface area contributed by atoms with Gasteiger partial charge in [-0.05, 0) is 13.2 Å². The van der Waals surface area contributed by atoms with Crippen molar-refractivity contribution in [2.24, 2.45) is 0 Å². The first-order chi connectivity index (χ1) is 3.85. The Labute approximate surface area is 51.3 Å². The van der Waals surface area contributed by atoms with Crippen LogP contribution >= 0.6 is 0 Å². The molecule has 0 spiro atoms. The van der Waals surface area contributed by atoms with Gasteiger partial charge >= 0.3 is 7.12 Å². The predicted octanol–water partition coefficient (Wildman–Crippen LogP) is 1.18. The van der Waals surface area contributed by atoms with E-state index in [-0.39, 0.29) is 7.12 Å². The highest BCUT2D eigenvalue weighted by molar-refractivity contribution is 6.44. The first-order valence-corrected chi connectivity index (χ1v) is 2.99. The summed E-state index contributed by atoms with van der Waals surface area (Å²) >= 11 is 0. The van der Waals surface area contributed by atoms with Crippen molar-refractivity contribution in [2.75, 3.05) is 13.7 Å². The molecule has 0 atom stereocenters. The monoisotopic (exact) mass is 116 g/mol. The second-order valence-electron chi connectivity index (χ2n) is 1.53. The Kier molecular flexibility index (Phi) is 5.12. The Morgan fingerprint density at radius 1 is 1.38 bits per heavy atom. The standard InChI is InChI=1S/C5H13BO2/c1-4-6(7-3)8-5-2/h4-5H2,1-3H3. The van der Waals surface area contributed by atoms with Crippen molar-refractivity contribution >= 4 is 7.12 Å². The van der Waals surface area contributed by atoms with Crippen LogP contribution in [0.4, 0.5) is 0 Å². The van der Waals surface area contributed by atoms with Gasteiger partial charge in [0.2, 0.25) is 0 Å². The molecule has 48 valence electrons. The summed E-state index contributed by atoms with van der Waals surface area (Å²) in [6.45, 7) is 4.72. The highest BCUT2D eigenvalue weighted by Crippen LogP contribution is 1.92. The minimum absolute atomic E-state index is 0.000000000000000444. The molecule has 0 amide bonds. The van der Waals surface area contributed by atoms with Gasteiger partial charge in [0.25, 0.3) is 0 Å². The van der Waals surface area contributed by atoms with Crippen LogP contribution in [-0.4, -0.2) is 20.8 Å². The summed E-state index contributed by atoms with van der Waals surface area (Å²) in [6, 6.07) is 0. The molecule has 0 aromatic carbocycles. The zero-order chi connectivity index (χ0) is 6.41. The van der Waals surface area contributed by atoms with Gasteiger partial charge in [-0.15, -0.1) is 0 Å². The molecule has 0 aliphatic rings. The number of hydrogen-bond donors (Lipinski definition) is 0. The molecule has 0 aromatic rings. The Morgan fingerprint density at radius 3 is 2.12 bits per heavy atom. The second kappa shape index (κ2) is 5.13. The molecule has 8 heavy (non-hydrogen) atoms. The van der Waals surface area contributed by atoms with E-state index in [2.05, 4.69) is 0 Å². The molecule has 0 aliphatic heterocycles. The molecule has 0 saturated heterocycles. The Bertz CT molecular complexity index is 45.7. The molecular formula is C5H13BO2. The highest BCUT2D eigenvalue weighted by atomic mass is 16.6. The summed E-state index contributed by atoms with van der Waals surface area (Å²) in [4.78, 5) is 0. The van der Waals surface area contributed by atoms with E-state index in [9.17, 15) is 0 Å². The average Bonchev–Trinajstić information content (AvgIpc) is 1.83. The topological polar surface area (TPSA) is 18.5 Å². The molecule has 0 aromatic heterocycles. The molecule has 0 saturated carbocycles. The third kappa shape index (κ3) is 3.05. The minimum Gasteiger partial charge on any atom is -0.414 e. The van der Waals surface area contributed by atoms with E-state index in [1.165, 1.54) is 0 Å². The summed E-state index contributed by atoms with van der Waals surface area (Å²) < 4.78 is 10.0. The molecule has 0 N–H and O–H groups in total. The van der Waals surface area contributed by atoms with Gasteiger partial charge in [-0.2, -0.15) is 0 Å². The lowest BCUT2D eigenvalue weighted by Crippen LogP contribution is -2.19. The largest absolute Gasteiger partial charge is 0.456 e. The fourth-order valence-corrected chi connectivity index (χ4v) is 0.538. The first-order valence-electron chi connectivity index (χ1n) is 2.99. The van der Waals surface area contributed by atoms with Crippen LogP contribution in [-0.2, 0) is 9.31 Å². The zero-order valence-corrected chi connectivity index (χ0v) is 5.81. The van der Waals surface area contributed by atoms with Crippen LogP contribution in [0.15, 0.2) is 0 Å². The Hall–Kier alpha value is -0.0151. The van der Waals surface area contributed by atoms with Crippen molar-refractivity contribution in [2.45, 2.75) is 20.2 Å². The first kappa shape index (κ1) is 7.98. The summed E-state index contributed by atoms with van der Waals surface area (Å²) in [7, 11) is 1.66. The van der Waals surface area contributed by atoms with Gasteiger partial charge in [-0.1, -0.05) is 6.92 Å². The summed E-state index contributed by atoms with van der Waals surface area (Å²) in [5.74, 6) is 0. The van der Waals surface area contributed by atoms with Crippen LogP contribution < -0.4 is 0 Å². The highest BCUT2D eigenvalue weighted by Gasteiger charge is 2.09. The van der Waals surface area contributed by atoms with Crippen molar-refractivity contribution in [1.29, 1.82) is 0 Å². The lowest BCUT2D eigenvalue weighted by molar-refractivity contribution is 0.242.